The first-order chi connectivity index (χ1) is 7.42. The summed E-state index contributed by atoms with van der Waals surface area (Å²) in [6, 6.07) is 0.507. The molecule has 0 bridgehead atoms. The fourth-order valence-electron chi connectivity index (χ4n) is 1.75. The third-order valence-corrected chi connectivity index (χ3v) is 2.54. The standard InChI is InChI=1S/C12H24N2O2/c1-5-6-14(10-7-13-8-10)9-11(15)16-12(2,3)4/h10,13H,5-9H2,1-4H3. The molecule has 1 rings (SSSR count). The number of nitrogens with one attached hydrogen (secondary N) is 1. The van der Waals surface area contributed by atoms with Gasteiger partial charge in [-0.3, -0.25) is 9.69 Å². The fourth-order valence-corrected chi connectivity index (χ4v) is 1.75. The second-order valence-electron chi connectivity index (χ2n) is 5.37. The Labute approximate surface area is 98.3 Å². The predicted octanol–water partition coefficient (Wildman–Crippen LogP) is 1.01. The van der Waals surface area contributed by atoms with Crippen molar-refractivity contribution in [3.63, 3.8) is 0 Å². The van der Waals surface area contributed by atoms with E-state index in [1.54, 1.807) is 0 Å². The predicted molar refractivity (Wildman–Crippen MR) is 64.4 cm³/mol. The Bertz CT molecular complexity index is 232. The highest BCUT2D eigenvalue weighted by molar-refractivity contribution is 5.72. The quantitative estimate of drug-likeness (QED) is 0.713. The Balaban J connectivity index is 2.38. The van der Waals surface area contributed by atoms with Crippen LogP contribution in [0.5, 0.6) is 0 Å². The molecule has 1 fully saturated rings. The highest BCUT2D eigenvalue weighted by Gasteiger charge is 2.27. The third kappa shape index (κ3) is 4.49. The van der Waals surface area contributed by atoms with Gasteiger partial charge < -0.3 is 10.1 Å². The molecule has 1 heterocycles. The SMILES string of the molecule is CCCN(CC(=O)OC(C)(C)C)C1CNC1. The lowest BCUT2D eigenvalue weighted by Gasteiger charge is -2.37. The zero-order valence-corrected chi connectivity index (χ0v) is 10.9. The van der Waals surface area contributed by atoms with Crippen LogP contribution in [0.2, 0.25) is 0 Å². The van der Waals surface area contributed by atoms with Crippen LogP contribution in [-0.4, -0.2) is 48.7 Å². The molecule has 0 saturated carbocycles. The molecule has 0 aromatic heterocycles. The molecule has 1 aliphatic heterocycles. The lowest BCUT2D eigenvalue weighted by molar-refractivity contribution is -0.157. The molecule has 16 heavy (non-hydrogen) atoms. The third-order valence-electron chi connectivity index (χ3n) is 2.54. The summed E-state index contributed by atoms with van der Waals surface area (Å²) in [7, 11) is 0. The van der Waals surface area contributed by atoms with Crippen molar-refractivity contribution in [2.24, 2.45) is 0 Å². The number of hydrogen-bond acceptors (Lipinski definition) is 4. The maximum Gasteiger partial charge on any atom is 0.320 e. The van der Waals surface area contributed by atoms with Gasteiger partial charge in [0.2, 0.25) is 0 Å². The number of rotatable bonds is 5. The number of esters is 1. The molecule has 0 aliphatic carbocycles. The van der Waals surface area contributed by atoms with Crippen LogP contribution < -0.4 is 5.32 Å². The summed E-state index contributed by atoms with van der Waals surface area (Å²) < 4.78 is 5.33. The Kier molecular flexibility index (Phi) is 4.74. The second kappa shape index (κ2) is 5.64. The first-order valence-electron chi connectivity index (χ1n) is 6.09. The van der Waals surface area contributed by atoms with Gasteiger partial charge in [-0.05, 0) is 33.7 Å². The number of hydrogen-bond donors (Lipinski definition) is 1. The van der Waals surface area contributed by atoms with Crippen molar-refractivity contribution in [2.75, 3.05) is 26.2 Å². The summed E-state index contributed by atoms with van der Waals surface area (Å²) in [5.41, 5.74) is -0.382. The minimum atomic E-state index is -0.382. The summed E-state index contributed by atoms with van der Waals surface area (Å²) in [5.74, 6) is -0.118. The Morgan fingerprint density at radius 3 is 2.44 bits per heavy atom. The summed E-state index contributed by atoms with van der Waals surface area (Å²) in [4.78, 5) is 13.9. The maximum atomic E-state index is 11.7. The first kappa shape index (κ1) is 13.5. The van der Waals surface area contributed by atoms with E-state index in [0.717, 1.165) is 26.1 Å². The van der Waals surface area contributed by atoms with Gasteiger partial charge in [0.15, 0.2) is 0 Å². The normalized spacial score (nSPS) is 17.3. The van der Waals surface area contributed by atoms with Gasteiger partial charge in [-0.25, -0.2) is 0 Å². The van der Waals surface area contributed by atoms with Crippen LogP contribution in [-0.2, 0) is 9.53 Å². The molecule has 94 valence electrons. The van der Waals surface area contributed by atoms with Crippen LogP contribution in [0.1, 0.15) is 34.1 Å². The lowest BCUT2D eigenvalue weighted by atomic mass is 10.1. The van der Waals surface area contributed by atoms with Crippen molar-refractivity contribution in [1.29, 1.82) is 0 Å². The van der Waals surface area contributed by atoms with Crippen LogP contribution >= 0.6 is 0 Å². The van der Waals surface area contributed by atoms with Crippen molar-refractivity contribution < 1.29 is 9.53 Å². The van der Waals surface area contributed by atoms with E-state index in [0.29, 0.717) is 12.6 Å². The largest absolute Gasteiger partial charge is 0.459 e. The molecule has 1 aliphatic rings. The van der Waals surface area contributed by atoms with E-state index >= 15 is 0 Å². The van der Waals surface area contributed by atoms with Gasteiger partial charge in [0.05, 0.1) is 6.54 Å². The Morgan fingerprint density at radius 2 is 2.06 bits per heavy atom. The van der Waals surface area contributed by atoms with Crippen molar-refractivity contribution in [3.05, 3.63) is 0 Å². The van der Waals surface area contributed by atoms with Gasteiger partial charge in [-0.15, -0.1) is 0 Å². The molecule has 0 aromatic carbocycles. The molecule has 0 aromatic rings. The van der Waals surface area contributed by atoms with E-state index in [-0.39, 0.29) is 11.6 Å². The highest BCUT2D eigenvalue weighted by atomic mass is 16.6. The molecule has 0 spiro atoms. The number of carbonyl (C=O) groups is 1. The van der Waals surface area contributed by atoms with Crippen LogP contribution in [0.15, 0.2) is 0 Å². The zero-order chi connectivity index (χ0) is 12.2. The number of nitrogens with zero attached hydrogens (tertiary/aromatic N) is 1. The molecule has 0 unspecified atom stereocenters. The smallest absolute Gasteiger partial charge is 0.320 e. The van der Waals surface area contributed by atoms with Crippen molar-refractivity contribution in [3.8, 4) is 0 Å². The first-order valence-corrected chi connectivity index (χ1v) is 6.09. The molecular weight excluding hydrogens is 204 g/mol. The van der Waals surface area contributed by atoms with E-state index in [1.165, 1.54) is 0 Å². The van der Waals surface area contributed by atoms with E-state index < -0.39 is 0 Å². The summed E-state index contributed by atoms with van der Waals surface area (Å²) in [6.07, 6.45) is 1.07. The molecule has 0 amide bonds. The van der Waals surface area contributed by atoms with E-state index in [2.05, 4.69) is 17.1 Å². The minimum Gasteiger partial charge on any atom is -0.459 e. The van der Waals surface area contributed by atoms with Gasteiger partial charge in [0.1, 0.15) is 5.60 Å². The summed E-state index contributed by atoms with van der Waals surface area (Å²) in [5, 5.41) is 3.23. The maximum absolute atomic E-state index is 11.7. The molecule has 0 atom stereocenters. The van der Waals surface area contributed by atoms with Crippen LogP contribution in [0.4, 0.5) is 0 Å². The van der Waals surface area contributed by atoms with E-state index in [1.807, 2.05) is 20.8 Å². The molecular formula is C12H24N2O2. The summed E-state index contributed by atoms with van der Waals surface area (Å²) >= 11 is 0. The van der Waals surface area contributed by atoms with E-state index in [9.17, 15) is 4.79 Å². The molecule has 4 heteroatoms. The topological polar surface area (TPSA) is 41.6 Å². The van der Waals surface area contributed by atoms with Gasteiger partial charge in [0.25, 0.3) is 0 Å². The summed E-state index contributed by atoms with van der Waals surface area (Å²) in [6.45, 7) is 11.2. The Morgan fingerprint density at radius 1 is 1.44 bits per heavy atom. The van der Waals surface area contributed by atoms with Gasteiger partial charge in [-0.2, -0.15) is 0 Å². The second-order valence-corrected chi connectivity index (χ2v) is 5.37. The van der Waals surface area contributed by atoms with E-state index in [4.69, 9.17) is 4.74 Å². The van der Waals surface area contributed by atoms with Crippen molar-refractivity contribution >= 4 is 5.97 Å². The Hall–Kier alpha value is -0.610. The fraction of sp³-hybridized carbons (Fsp3) is 0.917. The molecule has 0 radical (unpaired) electrons. The van der Waals surface area contributed by atoms with Gasteiger partial charge in [0, 0.05) is 19.1 Å². The zero-order valence-electron chi connectivity index (χ0n) is 10.9. The lowest BCUT2D eigenvalue weighted by Crippen LogP contribution is -2.58. The highest BCUT2D eigenvalue weighted by Crippen LogP contribution is 2.10. The van der Waals surface area contributed by atoms with Crippen LogP contribution in [0, 0.1) is 0 Å². The van der Waals surface area contributed by atoms with Crippen molar-refractivity contribution in [1.82, 2.24) is 10.2 Å². The average molecular weight is 228 g/mol. The molecule has 1 N–H and O–H groups in total. The van der Waals surface area contributed by atoms with Gasteiger partial charge >= 0.3 is 5.97 Å². The molecule has 1 saturated heterocycles. The van der Waals surface area contributed by atoms with Crippen molar-refractivity contribution in [2.45, 2.75) is 45.8 Å². The average Bonchev–Trinajstić information content (AvgIpc) is 1.96. The number of carbonyl (C=O) groups excluding carboxylic acids is 1. The molecule has 4 nitrogen and oxygen atoms in total. The number of ether oxygens (including phenoxy) is 1. The van der Waals surface area contributed by atoms with Gasteiger partial charge in [-0.1, -0.05) is 6.92 Å². The van der Waals surface area contributed by atoms with Crippen LogP contribution in [0.3, 0.4) is 0 Å². The van der Waals surface area contributed by atoms with Crippen LogP contribution in [0.25, 0.3) is 0 Å². The monoisotopic (exact) mass is 228 g/mol. The minimum absolute atomic E-state index is 0.118.